The van der Waals surface area contributed by atoms with Crippen LogP contribution in [-0.2, 0) is 0 Å². The third kappa shape index (κ3) is 2.88. The van der Waals surface area contributed by atoms with E-state index in [0.717, 1.165) is 44.5 Å². The van der Waals surface area contributed by atoms with E-state index < -0.39 is 0 Å². The van der Waals surface area contributed by atoms with Crippen molar-refractivity contribution < 1.29 is 4.79 Å². The molecular formula is C16H23N3O2. The number of amides is 1. The van der Waals surface area contributed by atoms with Gasteiger partial charge in [0, 0.05) is 24.3 Å². The van der Waals surface area contributed by atoms with Gasteiger partial charge < -0.3 is 15.2 Å². The van der Waals surface area contributed by atoms with Gasteiger partial charge in [-0.15, -0.1) is 0 Å². The number of piperidine rings is 1. The summed E-state index contributed by atoms with van der Waals surface area (Å²) in [5.41, 5.74) is 0.776. The van der Waals surface area contributed by atoms with Crippen LogP contribution in [0.15, 0.2) is 16.9 Å². The molecule has 2 aliphatic heterocycles. The van der Waals surface area contributed by atoms with Crippen molar-refractivity contribution in [2.45, 2.75) is 51.1 Å². The van der Waals surface area contributed by atoms with Gasteiger partial charge >= 0.3 is 0 Å². The number of aryl methyl sites for hydroxylation is 1. The molecule has 0 radical (unpaired) electrons. The van der Waals surface area contributed by atoms with E-state index in [2.05, 4.69) is 10.3 Å². The molecule has 2 fully saturated rings. The fourth-order valence-corrected chi connectivity index (χ4v) is 3.56. The van der Waals surface area contributed by atoms with Crippen LogP contribution in [0.4, 0.5) is 0 Å². The molecule has 2 unspecified atom stereocenters. The Kier molecular flexibility index (Phi) is 4.10. The fourth-order valence-electron chi connectivity index (χ4n) is 3.56. The van der Waals surface area contributed by atoms with Crippen LogP contribution in [0.5, 0.6) is 0 Å². The van der Waals surface area contributed by atoms with E-state index in [0.29, 0.717) is 6.04 Å². The summed E-state index contributed by atoms with van der Waals surface area (Å²) in [5.74, 6) is -0.116. The molecular weight excluding hydrogens is 266 g/mol. The van der Waals surface area contributed by atoms with Crippen LogP contribution in [0.25, 0.3) is 0 Å². The molecule has 5 nitrogen and oxygen atoms in total. The molecule has 0 aromatic carbocycles. The lowest BCUT2D eigenvalue weighted by Gasteiger charge is -2.39. The maximum atomic E-state index is 12.8. The van der Waals surface area contributed by atoms with Crippen LogP contribution < -0.4 is 10.9 Å². The smallest absolute Gasteiger partial charge is 0.260 e. The van der Waals surface area contributed by atoms with Gasteiger partial charge in [-0.2, -0.15) is 0 Å². The molecule has 21 heavy (non-hydrogen) atoms. The van der Waals surface area contributed by atoms with E-state index in [9.17, 15) is 9.59 Å². The fraction of sp³-hybridized carbons (Fsp3) is 0.625. The van der Waals surface area contributed by atoms with Crippen LogP contribution in [0.3, 0.4) is 0 Å². The summed E-state index contributed by atoms with van der Waals surface area (Å²) in [6.07, 6.45) is 5.52. The Bertz CT molecular complexity index is 575. The number of hydrogen-bond acceptors (Lipinski definition) is 3. The van der Waals surface area contributed by atoms with E-state index in [4.69, 9.17) is 0 Å². The Morgan fingerprint density at radius 1 is 1.24 bits per heavy atom. The number of likely N-dealkylation sites (tertiary alicyclic amines) is 1. The van der Waals surface area contributed by atoms with Gasteiger partial charge in [0.15, 0.2) is 0 Å². The maximum absolute atomic E-state index is 12.8. The standard InChI is InChI=1S/C16H23N3O2/c1-11-7-8-12(15(20)18-11)16(21)19-10-3-2-6-14(19)13-5-4-9-17-13/h7-8,13-14,17H,2-6,9-10H2,1H3,(H,18,20). The first-order valence-electron chi connectivity index (χ1n) is 7.91. The van der Waals surface area contributed by atoms with Crippen molar-refractivity contribution in [3.63, 3.8) is 0 Å². The number of nitrogens with one attached hydrogen (secondary N) is 2. The zero-order chi connectivity index (χ0) is 14.8. The van der Waals surface area contributed by atoms with Crippen LogP contribution in [0.1, 0.15) is 48.2 Å². The third-order valence-electron chi connectivity index (χ3n) is 4.66. The second-order valence-corrected chi connectivity index (χ2v) is 6.15. The van der Waals surface area contributed by atoms with Crippen LogP contribution in [0.2, 0.25) is 0 Å². The van der Waals surface area contributed by atoms with Crippen molar-refractivity contribution in [1.82, 2.24) is 15.2 Å². The van der Waals surface area contributed by atoms with Crippen molar-refractivity contribution in [3.8, 4) is 0 Å². The molecule has 3 rings (SSSR count). The molecule has 2 aliphatic rings. The van der Waals surface area contributed by atoms with Gasteiger partial charge in [0.1, 0.15) is 5.56 Å². The summed E-state index contributed by atoms with van der Waals surface area (Å²) in [6, 6.07) is 4.07. The summed E-state index contributed by atoms with van der Waals surface area (Å²) in [6.45, 7) is 3.62. The first kappa shape index (κ1) is 14.3. The quantitative estimate of drug-likeness (QED) is 0.865. The van der Waals surface area contributed by atoms with Gasteiger partial charge in [-0.25, -0.2) is 0 Å². The SMILES string of the molecule is Cc1ccc(C(=O)N2CCCCC2C2CCCN2)c(=O)[nH]1. The van der Waals surface area contributed by atoms with Gasteiger partial charge in [0.25, 0.3) is 11.5 Å². The normalized spacial score (nSPS) is 26.0. The summed E-state index contributed by atoms with van der Waals surface area (Å²) in [7, 11) is 0. The predicted molar refractivity (Wildman–Crippen MR) is 81.5 cm³/mol. The van der Waals surface area contributed by atoms with Crippen LogP contribution in [-0.4, -0.2) is 41.0 Å². The molecule has 114 valence electrons. The molecule has 0 bridgehead atoms. The minimum absolute atomic E-state index is 0.116. The minimum Gasteiger partial charge on any atom is -0.334 e. The Morgan fingerprint density at radius 3 is 2.81 bits per heavy atom. The molecule has 2 atom stereocenters. The number of aromatic nitrogens is 1. The van der Waals surface area contributed by atoms with Gasteiger partial charge in [0.2, 0.25) is 0 Å². The number of aromatic amines is 1. The molecule has 1 amide bonds. The summed E-state index contributed by atoms with van der Waals surface area (Å²) < 4.78 is 0. The van der Waals surface area contributed by atoms with Gasteiger partial charge in [-0.05, 0) is 57.7 Å². The molecule has 2 N–H and O–H groups in total. The van der Waals surface area contributed by atoms with Crippen LogP contribution >= 0.6 is 0 Å². The molecule has 0 spiro atoms. The third-order valence-corrected chi connectivity index (χ3v) is 4.66. The number of pyridine rings is 1. The molecule has 1 aromatic rings. The monoisotopic (exact) mass is 289 g/mol. The summed E-state index contributed by atoms with van der Waals surface area (Å²) in [5, 5.41) is 3.51. The highest BCUT2D eigenvalue weighted by Gasteiger charge is 2.35. The van der Waals surface area contributed by atoms with Gasteiger partial charge in [0.05, 0.1) is 0 Å². The second kappa shape index (κ2) is 6.02. The molecule has 2 saturated heterocycles. The maximum Gasteiger partial charge on any atom is 0.260 e. The van der Waals surface area contributed by atoms with Gasteiger partial charge in [-0.3, -0.25) is 9.59 Å². The van der Waals surface area contributed by atoms with Crippen molar-refractivity contribution >= 4 is 5.91 Å². The lowest BCUT2D eigenvalue weighted by molar-refractivity contribution is 0.0561. The zero-order valence-corrected chi connectivity index (χ0v) is 12.5. The zero-order valence-electron chi connectivity index (χ0n) is 12.5. The van der Waals surface area contributed by atoms with Crippen LogP contribution in [0, 0.1) is 6.92 Å². The van der Waals surface area contributed by atoms with Crippen molar-refractivity contribution in [3.05, 3.63) is 33.7 Å². The number of rotatable bonds is 2. The van der Waals surface area contributed by atoms with Crippen molar-refractivity contribution in [1.29, 1.82) is 0 Å². The lowest BCUT2D eigenvalue weighted by atomic mass is 9.94. The average Bonchev–Trinajstić information content (AvgIpc) is 3.01. The highest BCUT2D eigenvalue weighted by atomic mass is 16.2. The van der Waals surface area contributed by atoms with E-state index in [1.165, 1.54) is 6.42 Å². The van der Waals surface area contributed by atoms with E-state index in [1.807, 2.05) is 11.8 Å². The summed E-state index contributed by atoms with van der Waals surface area (Å²) in [4.78, 5) is 29.5. The lowest BCUT2D eigenvalue weighted by Crippen LogP contribution is -2.53. The second-order valence-electron chi connectivity index (χ2n) is 6.15. The molecule has 3 heterocycles. The Labute approximate surface area is 124 Å². The highest BCUT2D eigenvalue weighted by Crippen LogP contribution is 2.25. The largest absolute Gasteiger partial charge is 0.334 e. The number of H-pyrrole nitrogens is 1. The first-order valence-corrected chi connectivity index (χ1v) is 7.91. The average molecular weight is 289 g/mol. The predicted octanol–water partition coefficient (Wildman–Crippen LogP) is 1.43. The Morgan fingerprint density at radius 2 is 2.10 bits per heavy atom. The molecule has 1 aromatic heterocycles. The van der Waals surface area contributed by atoms with Gasteiger partial charge in [-0.1, -0.05) is 0 Å². The molecule has 0 aliphatic carbocycles. The number of nitrogens with zero attached hydrogens (tertiary/aromatic N) is 1. The number of hydrogen-bond donors (Lipinski definition) is 2. The molecule has 0 saturated carbocycles. The summed E-state index contributed by atoms with van der Waals surface area (Å²) >= 11 is 0. The van der Waals surface area contributed by atoms with E-state index in [1.54, 1.807) is 12.1 Å². The Hall–Kier alpha value is -1.62. The van der Waals surface area contributed by atoms with E-state index >= 15 is 0 Å². The highest BCUT2D eigenvalue weighted by molar-refractivity contribution is 5.94. The van der Waals surface area contributed by atoms with Crippen molar-refractivity contribution in [2.75, 3.05) is 13.1 Å². The first-order chi connectivity index (χ1) is 10.2. The topological polar surface area (TPSA) is 65.2 Å². The Balaban J connectivity index is 1.85. The van der Waals surface area contributed by atoms with E-state index in [-0.39, 0.29) is 23.1 Å². The number of carbonyl (C=O) groups excluding carboxylic acids is 1. The van der Waals surface area contributed by atoms with Crippen molar-refractivity contribution in [2.24, 2.45) is 0 Å². The minimum atomic E-state index is -0.274. The molecule has 5 heteroatoms. The number of carbonyl (C=O) groups is 1.